The lowest BCUT2D eigenvalue weighted by Crippen LogP contribution is -2.41. The predicted molar refractivity (Wildman–Crippen MR) is 81.7 cm³/mol. The Morgan fingerprint density at radius 2 is 2.09 bits per heavy atom. The average Bonchev–Trinajstić information content (AvgIpc) is 2.51. The molecule has 1 amide bonds. The number of fused-ring (bicyclic) bond motifs is 1. The van der Waals surface area contributed by atoms with E-state index in [2.05, 4.69) is 4.98 Å². The Morgan fingerprint density at radius 1 is 1.35 bits per heavy atom. The normalized spacial score (nSPS) is 17.0. The van der Waals surface area contributed by atoms with Crippen LogP contribution >= 0.6 is 0 Å². The van der Waals surface area contributed by atoms with Gasteiger partial charge in [0.1, 0.15) is 17.2 Å². The van der Waals surface area contributed by atoms with E-state index in [1.54, 1.807) is 13.0 Å². The molecule has 23 heavy (non-hydrogen) atoms. The van der Waals surface area contributed by atoms with Gasteiger partial charge in [0.05, 0.1) is 6.04 Å². The van der Waals surface area contributed by atoms with Gasteiger partial charge in [-0.05, 0) is 36.6 Å². The molecule has 1 aromatic carbocycles. The highest BCUT2D eigenvalue weighted by Gasteiger charge is 2.30. The van der Waals surface area contributed by atoms with Crippen LogP contribution < -0.4 is 17.0 Å². The number of nitrogens with two attached hydrogens (primary N) is 1. The fourth-order valence-electron chi connectivity index (χ4n) is 2.87. The van der Waals surface area contributed by atoms with Crippen LogP contribution in [-0.2, 0) is 6.42 Å². The standard InChI is InChI=1S/C15H15FN4O3/c1-7-10-6-9(16)3-2-8(10)4-5-20(7)14(22)12-11(17)13(21)19-15(23)18-12/h2-3,6-7H,4-5,17H2,1H3,(H2,18,19,21,23)/t7-/m0/s1. The van der Waals surface area contributed by atoms with E-state index < -0.39 is 23.2 Å². The highest BCUT2D eigenvalue weighted by atomic mass is 19.1. The lowest BCUT2D eigenvalue weighted by molar-refractivity contribution is 0.0671. The minimum atomic E-state index is -0.812. The van der Waals surface area contributed by atoms with Gasteiger partial charge in [-0.15, -0.1) is 0 Å². The first-order valence-electron chi connectivity index (χ1n) is 7.10. The summed E-state index contributed by atoms with van der Waals surface area (Å²) in [5, 5.41) is 0. The Bertz CT molecular complexity index is 902. The lowest BCUT2D eigenvalue weighted by atomic mass is 9.93. The highest BCUT2D eigenvalue weighted by Crippen LogP contribution is 2.31. The SMILES string of the molecule is C[C@H]1c2cc(F)ccc2CCN1C(=O)c1[nH]c(=O)[nH]c(=O)c1N. The second-order valence-electron chi connectivity index (χ2n) is 5.46. The summed E-state index contributed by atoms with van der Waals surface area (Å²) in [6, 6.07) is 4.08. The molecule has 1 atom stereocenters. The molecular weight excluding hydrogens is 303 g/mol. The molecule has 0 radical (unpaired) electrons. The molecule has 0 unspecified atom stereocenters. The van der Waals surface area contributed by atoms with Crippen LogP contribution in [-0.4, -0.2) is 27.3 Å². The maximum Gasteiger partial charge on any atom is 0.326 e. The number of nitrogens with one attached hydrogen (secondary N) is 2. The maximum atomic E-state index is 13.5. The van der Waals surface area contributed by atoms with E-state index >= 15 is 0 Å². The lowest BCUT2D eigenvalue weighted by Gasteiger charge is -2.35. The van der Waals surface area contributed by atoms with E-state index in [1.165, 1.54) is 17.0 Å². The van der Waals surface area contributed by atoms with Gasteiger partial charge in [-0.25, -0.2) is 9.18 Å². The molecule has 1 aromatic heterocycles. The fraction of sp³-hybridized carbons (Fsp3) is 0.267. The van der Waals surface area contributed by atoms with E-state index in [4.69, 9.17) is 5.73 Å². The van der Waals surface area contributed by atoms with Crippen molar-refractivity contribution in [1.82, 2.24) is 14.9 Å². The molecule has 2 aromatic rings. The smallest absolute Gasteiger partial charge is 0.326 e. The highest BCUT2D eigenvalue weighted by molar-refractivity contribution is 5.97. The summed E-state index contributed by atoms with van der Waals surface area (Å²) in [6.07, 6.45) is 0.555. The summed E-state index contributed by atoms with van der Waals surface area (Å²) in [5.74, 6) is -0.943. The van der Waals surface area contributed by atoms with Gasteiger partial charge >= 0.3 is 5.69 Å². The Morgan fingerprint density at radius 3 is 2.83 bits per heavy atom. The molecule has 3 rings (SSSR count). The largest absolute Gasteiger partial charge is 0.392 e. The molecule has 0 bridgehead atoms. The second-order valence-corrected chi connectivity index (χ2v) is 5.46. The molecule has 1 aliphatic heterocycles. The average molecular weight is 318 g/mol. The van der Waals surface area contributed by atoms with Gasteiger partial charge in [-0.3, -0.25) is 14.6 Å². The molecule has 4 N–H and O–H groups in total. The quantitative estimate of drug-likeness (QED) is 0.712. The molecule has 0 fully saturated rings. The third kappa shape index (κ3) is 2.52. The van der Waals surface area contributed by atoms with Crippen molar-refractivity contribution in [2.75, 3.05) is 12.3 Å². The van der Waals surface area contributed by atoms with Crippen LogP contribution in [0.4, 0.5) is 10.1 Å². The number of anilines is 1. The molecule has 7 nitrogen and oxygen atoms in total. The summed E-state index contributed by atoms with van der Waals surface area (Å²) >= 11 is 0. The second kappa shape index (κ2) is 5.38. The molecule has 8 heteroatoms. The number of halogens is 1. The van der Waals surface area contributed by atoms with Crippen molar-refractivity contribution >= 4 is 11.6 Å². The minimum absolute atomic E-state index is 0.245. The zero-order valence-corrected chi connectivity index (χ0v) is 12.4. The van der Waals surface area contributed by atoms with Crippen LogP contribution in [0.3, 0.4) is 0 Å². The number of aromatic amines is 2. The van der Waals surface area contributed by atoms with Crippen molar-refractivity contribution in [1.29, 1.82) is 0 Å². The number of nitrogens with zero attached hydrogens (tertiary/aromatic N) is 1. The summed E-state index contributed by atoms with van der Waals surface area (Å²) < 4.78 is 13.5. The van der Waals surface area contributed by atoms with Crippen molar-refractivity contribution in [2.24, 2.45) is 0 Å². The molecule has 120 valence electrons. The minimum Gasteiger partial charge on any atom is -0.392 e. The Balaban J connectivity index is 2.02. The Kier molecular flexibility index (Phi) is 3.51. The Labute approximate surface area is 129 Å². The van der Waals surface area contributed by atoms with Gasteiger partial charge in [0.2, 0.25) is 0 Å². The zero-order chi connectivity index (χ0) is 16.7. The first kappa shape index (κ1) is 15.0. The van der Waals surface area contributed by atoms with Gasteiger partial charge in [-0.2, -0.15) is 0 Å². The Hall–Kier alpha value is -2.90. The monoisotopic (exact) mass is 318 g/mol. The number of amides is 1. The third-order valence-electron chi connectivity index (χ3n) is 4.10. The van der Waals surface area contributed by atoms with Gasteiger partial charge in [0, 0.05) is 6.54 Å². The summed E-state index contributed by atoms with van der Waals surface area (Å²) in [5.41, 5.74) is 5.07. The van der Waals surface area contributed by atoms with Crippen molar-refractivity contribution in [3.63, 3.8) is 0 Å². The number of hydrogen-bond acceptors (Lipinski definition) is 4. The first-order valence-corrected chi connectivity index (χ1v) is 7.10. The molecule has 0 aliphatic carbocycles. The molecular formula is C15H15FN4O3. The number of rotatable bonds is 1. The van der Waals surface area contributed by atoms with Crippen LogP contribution in [0.5, 0.6) is 0 Å². The van der Waals surface area contributed by atoms with Crippen LogP contribution in [0.25, 0.3) is 0 Å². The molecule has 0 saturated heterocycles. The summed E-state index contributed by atoms with van der Waals surface area (Å²) in [7, 11) is 0. The number of carbonyl (C=O) groups is 1. The van der Waals surface area contributed by atoms with E-state index in [0.717, 1.165) is 5.56 Å². The zero-order valence-electron chi connectivity index (χ0n) is 12.4. The number of aromatic nitrogens is 2. The van der Waals surface area contributed by atoms with Crippen molar-refractivity contribution in [2.45, 2.75) is 19.4 Å². The summed E-state index contributed by atoms with van der Waals surface area (Å²) in [4.78, 5) is 41.3. The number of carbonyl (C=O) groups excluding carboxylic acids is 1. The maximum absolute atomic E-state index is 13.5. The molecule has 2 heterocycles. The van der Waals surface area contributed by atoms with Crippen LogP contribution in [0.1, 0.15) is 34.6 Å². The van der Waals surface area contributed by atoms with Crippen molar-refractivity contribution in [3.05, 3.63) is 61.7 Å². The topological polar surface area (TPSA) is 112 Å². The van der Waals surface area contributed by atoms with Gasteiger partial charge < -0.3 is 15.6 Å². The van der Waals surface area contributed by atoms with E-state index in [0.29, 0.717) is 18.5 Å². The number of nitrogen functional groups attached to an aromatic ring is 1. The molecule has 1 aliphatic rings. The van der Waals surface area contributed by atoms with E-state index in [9.17, 15) is 18.8 Å². The van der Waals surface area contributed by atoms with Gasteiger partial charge in [0.25, 0.3) is 11.5 Å². The van der Waals surface area contributed by atoms with E-state index in [1.807, 2.05) is 4.98 Å². The molecule has 0 spiro atoms. The third-order valence-corrected chi connectivity index (χ3v) is 4.10. The number of hydrogen-bond donors (Lipinski definition) is 3. The van der Waals surface area contributed by atoms with Crippen LogP contribution in [0.15, 0.2) is 27.8 Å². The predicted octanol–water partition coefficient (Wildman–Crippen LogP) is 0.544. The van der Waals surface area contributed by atoms with Crippen LogP contribution in [0, 0.1) is 5.82 Å². The van der Waals surface area contributed by atoms with Crippen molar-refractivity contribution in [3.8, 4) is 0 Å². The molecule has 0 saturated carbocycles. The van der Waals surface area contributed by atoms with Crippen LogP contribution in [0.2, 0.25) is 0 Å². The summed E-state index contributed by atoms with van der Waals surface area (Å²) in [6.45, 7) is 2.14. The fourth-order valence-corrected chi connectivity index (χ4v) is 2.87. The van der Waals surface area contributed by atoms with Crippen molar-refractivity contribution < 1.29 is 9.18 Å². The van der Waals surface area contributed by atoms with Gasteiger partial charge in [0.15, 0.2) is 0 Å². The van der Waals surface area contributed by atoms with Gasteiger partial charge in [-0.1, -0.05) is 6.07 Å². The van der Waals surface area contributed by atoms with E-state index in [-0.39, 0.29) is 17.2 Å². The number of H-pyrrole nitrogens is 2. The number of benzene rings is 1. The first-order chi connectivity index (χ1) is 10.9.